The Bertz CT molecular complexity index is 557. The van der Waals surface area contributed by atoms with Crippen molar-refractivity contribution < 1.29 is 4.74 Å². The van der Waals surface area contributed by atoms with Crippen molar-refractivity contribution in [2.24, 2.45) is 0 Å². The van der Waals surface area contributed by atoms with E-state index < -0.39 is 0 Å². The summed E-state index contributed by atoms with van der Waals surface area (Å²) < 4.78 is 6.59. The van der Waals surface area contributed by atoms with Gasteiger partial charge in [-0.15, -0.1) is 0 Å². The minimum absolute atomic E-state index is 0.538. The fourth-order valence-corrected chi connectivity index (χ4v) is 1.86. The number of halogens is 2. The second-order valence-electron chi connectivity index (χ2n) is 3.81. The molecule has 1 heterocycles. The van der Waals surface area contributed by atoms with Crippen molar-refractivity contribution >= 4 is 27.5 Å². The van der Waals surface area contributed by atoms with Gasteiger partial charge >= 0.3 is 0 Å². The largest absolute Gasteiger partial charge is 0.437 e. The van der Waals surface area contributed by atoms with Gasteiger partial charge in [-0.2, -0.15) is 0 Å². The fraction of sp³-hybridized carbons (Fsp3) is 0.154. The molecule has 0 aliphatic carbocycles. The van der Waals surface area contributed by atoms with Gasteiger partial charge in [-0.3, -0.25) is 0 Å². The van der Waals surface area contributed by atoms with E-state index in [0.717, 1.165) is 15.6 Å². The van der Waals surface area contributed by atoms with Crippen LogP contribution in [-0.4, -0.2) is 4.98 Å². The Labute approximate surface area is 114 Å². The SMILES string of the molecule is Cc1ccc(Oc2cc(C)c(Br)cn2)c(Cl)c1. The van der Waals surface area contributed by atoms with E-state index in [9.17, 15) is 0 Å². The molecule has 0 saturated heterocycles. The first-order valence-corrected chi connectivity index (χ1v) is 6.29. The van der Waals surface area contributed by atoms with Gasteiger partial charge in [0.15, 0.2) is 0 Å². The zero-order valence-electron chi connectivity index (χ0n) is 9.50. The number of ether oxygens (including phenoxy) is 1. The molecule has 0 aliphatic rings. The van der Waals surface area contributed by atoms with Crippen molar-refractivity contribution in [2.75, 3.05) is 0 Å². The van der Waals surface area contributed by atoms with Crippen molar-refractivity contribution in [1.82, 2.24) is 4.98 Å². The molecular formula is C13H11BrClNO. The predicted octanol–water partition coefficient (Wildman–Crippen LogP) is 4.91. The molecule has 0 unspecified atom stereocenters. The van der Waals surface area contributed by atoms with E-state index in [-0.39, 0.29) is 0 Å². The molecule has 0 atom stereocenters. The molecule has 17 heavy (non-hydrogen) atoms. The highest BCUT2D eigenvalue weighted by Crippen LogP contribution is 2.30. The minimum atomic E-state index is 0.538. The molecule has 0 N–H and O–H groups in total. The minimum Gasteiger partial charge on any atom is -0.437 e. The van der Waals surface area contributed by atoms with Gasteiger partial charge in [0.1, 0.15) is 5.75 Å². The lowest BCUT2D eigenvalue weighted by atomic mass is 10.2. The molecular weight excluding hydrogens is 302 g/mol. The molecule has 0 radical (unpaired) electrons. The van der Waals surface area contributed by atoms with Gasteiger partial charge in [-0.1, -0.05) is 17.7 Å². The third-order valence-electron chi connectivity index (χ3n) is 2.32. The summed E-state index contributed by atoms with van der Waals surface area (Å²) in [7, 11) is 0. The Morgan fingerprint density at radius 3 is 2.65 bits per heavy atom. The maximum Gasteiger partial charge on any atom is 0.219 e. The van der Waals surface area contributed by atoms with Gasteiger partial charge in [-0.25, -0.2) is 4.98 Å². The summed E-state index contributed by atoms with van der Waals surface area (Å²) in [5.74, 6) is 1.16. The standard InChI is InChI=1S/C13H11BrClNO/c1-8-3-4-12(11(15)5-8)17-13-6-9(2)10(14)7-16-13/h3-7H,1-2H3. The zero-order chi connectivity index (χ0) is 12.4. The molecule has 1 aromatic heterocycles. The lowest BCUT2D eigenvalue weighted by molar-refractivity contribution is 0.462. The van der Waals surface area contributed by atoms with Crippen LogP contribution in [0.15, 0.2) is 34.9 Å². The number of aryl methyl sites for hydroxylation is 2. The fourth-order valence-electron chi connectivity index (χ4n) is 1.37. The number of rotatable bonds is 2. The van der Waals surface area contributed by atoms with E-state index in [2.05, 4.69) is 20.9 Å². The van der Waals surface area contributed by atoms with E-state index >= 15 is 0 Å². The summed E-state index contributed by atoms with van der Waals surface area (Å²) in [5, 5.41) is 0.590. The van der Waals surface area contributed by atoms with Crippen LogP contribution in [0.1, 0.15) is 11.1 Å². The van der Waals surface area contributed by atoms with Crippen LogP contribution in [0.2, 0.25) is 5.02 Å². The molecule has 0 spiro atoms. The molecule has 0 aliphatic heterocycles. The lowest BCUT2D eigenvalue weighted by Gasteiger charge is -2.08. The number of pyridine rings is 1. The first kappa shape index (κ1) is 12.4. The van der Waals surface area contributed by atoms with Crippen LogP contribution >= 0.6 is 27.5 Å². The normalized spacial score (nSPS) is 10.4. The van der Waals surface area contributed by atoms with Gasteiger partial charge in [0.05, 0.1) is 5.02 Å². The van der Waals surface area contributed by atoms with Crippen LogP contribution in [-0.2, 0) is 0 Å². The zero-order valence-corrected chi connectivity index (χ0v) is 11.8. The monoisotopic (exact) mass is 311 g/mol. The molecule has 0 saturated carbocycles. The maximum absolute atomic E-state index is 6.09. The topological polar surface area (TPSA) is 22.1 Å². The Morgan fingerprint density at radius 2 is 2.00 bits per heavy atom. The Kier molecular flexibility index (Phi) is 3.69. The molecule has 0 amide bonds. The van der Waals surface area contributed by atoms with Gasteiger partial charge in [0.2, 0.25) is 5.88 Å². The third-order valence-corrected chi connectivity index (χ3v) is 3.45. The average molecular weight is 313 g/mol. The molecule has 2 aromatic rings. The van der Waals surface area contributed by atoms with Crippen molar-refractivity contribution in [3.05, 3.63) is 51.1 Å². The number of benzene rings is 1. The highest BCUT2D eigenvalue weighted by atomic mass is 79.9. The predicted molar refractivity (Wildman–Crippen MR) is 72.9 cm³/mol. The molecule has 1 aromatic carbocycles. The van der Waals surface area contributed by atoms with E-state index in [1.165, 1.54) is 0 Å². The second kappa shape index (κ2) is 5.07. The van der Waals surface area contributed by atoms with Gasteiger partial charge in [-0.05, 0) is 53.0 Å². The summed E-state index contributed by atoms with van der Waals surface area (Å²) in [5.41, 5.74) is 2.17. The smallest absolute Gasteiger partial charge is 0.219 e. The van der Waals surface area contributed by atoms with E-state index in [4.69, 9.17) is 16.3 Å². The van der Waals surface area contributed by atoms with Crippen LogP contribution in [0.3, 0.4) is 0 Å². The number of nitrogens with zero attached hydrogens (tertiary/aromatic N) is 1. The molecule has 0 fully saturated rings. The summed E-state index contributed by atoms with van der Waals surface area (Å²) in [6.07, 6.45) is 1.72. The van der Waals surface area contributed by atoms with E-state index in [0.29, 0.717) is 16.7 Å². The van der Waals surface area contributed by atoms with Gasteiger partial charge in [0, 0.05) is 16.7 Å². The van der Waals surface area contributed by atoms with Crippen LogP contribution in [0.4, 0.5) is 0 Å². The highest BCUT2D eigenvalue weighted by Gasteiger charge is 2.05. The maximum atomic E-state index is 6.09. The number of aromatic nitrogens is 1. The summed E-state index contributed by atoms with van der Waals surface area (Å²) in [6.45, 7) is 3.97. The summed E-state index contributed by atoms with van der Waals surface area (Å²) >= 11 is 9.48. The van der Waals surface area contributed by atoms with Crippen molar-refractivity contribution in [2.45, 2.75) is 13.8 Å². The number of hydrogen-bond acceptors (Lipinski definition) is 2. The van der Waals surface area contributed by atoms with Gasteiger partial charge in [0.25, 0.3) is 0 Å². The first-order valence-electron chi connectivity index (χ1n) is 5.12. The van der Waals surface area contributed by atoms with Gasteiger partial charge < -0.3 is 4.74 Å². The van der Waals surface area contributed by atoms with Crippen LogP contribution in [0.25, 0.3) is 0 Å². The quantitative estimate of drug-likeness (QED) is 0.786. The molecule has 2 rings (SSSR count). The van der Waals surface area contributed by atoms with Crippen LogP contribution in [0, 0.1) is 13.8 Å². The van der Waals surface area contributed by atoms with E-state index in [1.54, 1.807) is 6.20 Å². The number of hydrogen-bond donors (Lipinski definition) is 0. The first-order chi connectivity index (χ1) is 8.06. The Hall–Kier alpha value is -1.06. The van der Waals surface area contributed by atoms with Crippen LogP contribution in [0.5, 0.6) is 11.6 Å². The molecule has 0 bridgehead atoms. The third kappa shape index (κ3) is 2.99. The van der Waals surface area contributed by atoms with E-state index in [1.807, 2.05) is 38.1 Å². The molecule has 88 valence electrons. The summed E-state index contributed by atoms with van der Waals surface area (Å²) in [6, 6.07) is 7.52. The lowest BCUT2D eigenvalue weighted by Crippen LogP contribution is -1.90. The molecule has 4 heteroatoms. The molecule has 2 nitrogen and oxygen atoms in total. The van der Waals surface area contributed by atoms with Crippen molar-refractivity contribution in [3.8, 4) is 11.6 Å². The Balaban J connectivity index is 2.28. The van der Waals surface area contributed by atoms with Crippen molar-refractivity contribution in [3.63, 3.8) is 0 Å². The summed E-state index contributed by atoms with van der Waals surface area (Å²) in [4.78, 5) is 4.17. The Morgan fingerprint density at radius 1 is 1.24 bits per heavy atom. The average Bonchev–Trinajstić information content (AvgIpc) is 2.27. The van der Waals surface area contributed by atoms with Crippen LogP contribution < -0.4 is 4.74 Å². The second-order valence-corrected chi connectivity index (χ2v) is 5.07. The highest BCUT2D eigenvalue weighted by molar-refractivity contribution is 9.10. The van der Waals surface area contributed by atoms with Crippen molar-refractivity contribution in [1.29, 1.82) is 0 Å².